The van der Waals surface area contributed by atoms with Crippen molar-refractivity contribution in [3.8, 4) is 0 Å². The van der Waals surface area contributed by atoms with E-state index in [-0.39, 0.29) is 11.4 Å². The first-order chi connectivity index (χ1) is 7.82. The molecule has 17 heavy (non-hydrogen) atoms. The number of hydrogen-bond donors (Lipinski definition) is 0. The molecule has 5 nitrogen and oxygen atoms in total. The molecule has 1 aromatic heterocycles. The summed E-state index contributed by atoms with van der Waals surface area (Å²) in [6, 6.07) is 3.12. The molecular weight excluding hydrogens is 218 g/mol. The van der Waals surface area contributed by atoms with Crippen LogP contribution in [0.1, 0.15) is 34.6 Å². The predicted octanol–water partition coefficient (Wildman–Crippen LogP) is 3.25. The second-order valence-electron chi connectivity index (χ2n) is 4.36. The van der Waals surface area contributed by atoms with Crippen LogP contribution in [0, 0.1) is 10.1 Å². The van der Waals surface area contributed by atoms with Gasteiger partial charge in [-0.15, -0.1) is 0 Å². The fraction of sp³-hybridized carbons (Fsp3) is 0.583. The molecule has 0 aliphatic heterocycles. The molecule has 0 N–H and O–H groups in total. The van der Waals surface area contributed by atoms with E-state index in [9.17, 15) is 10.1 Å². The van der Waals surface area contributed by atoms with Crippen molar-refractivity contribution in [3.05, 3.63) is 28.4 Å². The van der Waals surface area contributed by atoms with E-state index in [1.165, 1.54) is 12.3 Å². The summed E-state index contributed by atoms with van der Waals surface area (Å²) in [4.78, 5) is 15.7. The van der Waals surface area contributed by atoms with Gasteiger partial charge in [-0.05, 0) is 36.7 Å². The fourth-order valence-electron chi connectivity index (χ4n) is 1.07. The number of pyridine rings is 1. The van der Waals surface area contributed by atoms with Gasteiger partial charge >= 0.3 is 5.82 Å². The molecule has 0 spiro atoms. The van der Waals surface area contributed by atoms with Crippen molar-refractivity contribution in [3.63, 3.8) is 0 Å². The van der Waals surface area contributed by atoms with Crippen LogP contribution in [0.3, 0.4) is 0 Å². The number of anilines is 1. The summed E-state index contributed by atoms with van der Waals surface area (Å²) in [5, 5.41) is 10.4. The molecule has 0 bridgehead atoms. The van der Waals surface area contributed by atoms with Crippen molar-refractivity contribution < 1.29 is 4.92 Å². The normalized spacial score (nSPS) is 10.2. The Labute approximate surface area is 103 Å². The third-order valence-electron chi connectivity index (χ3n) is 2.31. The van der Waals surface area contributed by atoms with Crippen molar-refractivity contribution in [2.24, 2.45) is 0 Å². The molecule has 0 atom stereocenters. The van der Waals surface area contributed by atoms with Crippen LogP contribution >= 0.6 is 0 Å². The van der Waals surface area contributed by atoms with Crippen molar-refractivity contribution in [2.75, 3.05) is 11.9 Å². The number of nitrogens with zero attached hydrogens (tertiary/aromatic N) is 3. The molecular formula is C12H21N3O2. The molecule has 1 aromatic rings. The molecule has 0 unspecified atom stereocenters. The summed E-state index contributed by atoms with van der Waals surface area (Å²) >= 11 is 0. The number of hydrogen-bond acceptors (Lipinski definition) is 4. The molecule has 0 aromatic carbocycles. The molecule has 0 fully saturated rings. The largest absolute Gasteiger partial charge is 0.367 e. The molecule has 0 amide bonds. The van der Waals surface area contributed by atoms with Gasteiger partial charge in [0, 0.05) is 18.7 Å². The second-order valence-corrected chi connectivity index (χ2v) is 4.36. The average molecular weight is 239 g/mol. The summed E-state index contributed by atoms with van der Waals surface area (Å²) in [6.45, 7) is 10.2. The number of aromatic nitrogens is 1. The summed E-state index contributed by atoms with van der Waals surface area (Å²) < 4.78 is 0. The molecule has 1 heterocycles. The van der Waals surface area contributed by atoms with E-state index in [4.69, 9.17) is 0 Å². The Kier molecular flexibility index (Phi) is 5.58. The van der Waals surface area contributed by atoms with E-state index in [1.54, 1.807) is 6.07 Å². The Hall–Kier alpha value is -1.65. The van der Waals surface area contributed by atoms with Gasteiger partial charge in [0.05, 0.1) is 5.69 Å². The van der Waals surface area contributed by atoms with Gasteiger partial charge in [-0.25, -0.2) is 0 Å². The molecule has 0 aliphatic carbocycles. The maximum Gasteiger partial charge on any atom is 0.363 e. The number of rotatable bonds is 2. The highest BCUT2D eigenvalue weighted by Gasteiger charge is 2.19. The molecule has 0 radical (unpaired) electrons. The van der Waals surface area contributed by atoms with E-state index >= 15 is 0 Å². The highest BCUT2D eigenvalue weighted by atomic mass is 16.6. The minimum atomic E-state index is -0.499. The van der Waals surface area contributed by atoms with Gasteiger partial charge in [0.2, 0.25) is 0 Å². The van der Waals surface area contributed by atoms with Crippen LogP contribution in [-0.2, 0) is 0 Å². The van der Waals surface area contributed by atoms with Gasteiger partial charge in [0.15, 0.2) is 6.20 Å². The van der Waals surface area contributed by atoms with E-state index in [1.807, 2.05) is 25.8 Å². The van der Waals surface area contributed by atoms with Crippen molar-refractivity contribution in [2.45, 2.75) is 40.2 Å². The summed E-state index contributed by atoms with van der Waals surface area (Å²) in [6.07, 6.45) is 1.52. The lowest BCUT2D eigenvalue weighted by atomic mass is 10.1. The van der Waals surface area contributed by atoms with Gasteiger partial charge < -0.3 is 15.0 Å². The average Bonchev–Trinajstić information content (AvgIpc) is 2.29. The first kappa shape index (κ1) is 15.3. The molecule has 0 aliphatic rings. The van der Waals surface area contributed by atoms with Gasteiger partial charge in [0.25, 0.3) is 0 Å². The topological polar surface area (TPSA) is 59.3 Å². The van der Waals surface area contributed by atoms with Crippen LogP contribution < -0.4 is 4.90 Å². The Balaban J connectivity index is 0.00000121. The van der Waals surface area contributed by atoms with Crippen molar-refractivity contribution in [1.82, 2.24) is 4.98 Å². The second kappa shape index (κ2) is 6.18. The Morgan fingerprint density at radius 1 is 1.29 bits per heavy atom. The highest BCUT2D eigenvalue weighted by molar-refractivity contribution is 5.47. The molecule has 0 saturated carbocycles. The molecule has 5 heteroatoms. The van der Waals surface area contributed by atoms with Gasteiger partial charge in [-0.3, -0.25) is 0 Å². The maximum absolute atomic E-state index is 10.4. The maximum atomic E-state index is 10.4. The zero-order valence-corrected chi connectivity index (χ0v) is 11.4. The van der Waals surface area contributed by atoms with E-state index in [2.05, 4.69) is 25.8 Å². The van der Waals surface area contributed by atoms with Crippen LogP contribution in [0.2, 0.25) is 0 Å². The monoisotopic (exact) mass is 239 g/mol. The zero-order valence-electron chi connectivity index (χ0n) is 11.4. The van der Waals surface area contributed by atoms with Crippen LogP contribution in [0.4, 0.5) is 11.5 Å². The summed E-state index contributed by atoms with van der Waals surface area (Å²) in [7, 11) is 1.93. The van der Waals surface area contributed by atoms with Gasteiger partial charge in [0.1, 0.15) is 0 Å². The van der Waals surface area contributed by atoms with Crippen LogP contribution in [0.15, 0.2) is 18.3 Å². The van der Waals surface area contributed by atoms with Crippen LogP contribution in [0.25, 0.3) is 0 Å². The van der Waals surface area contributed by atoms with E-state index in [0.29, 0.717) is 0 Å². The number of nitro groups is 1. The first-order valence-electron chi connectivity index (χ1n) is 5.66. The van der Waals surface area contributed by atoms with Crippen molar-refractivity contribution >= 4 is 11.5 Å². The van der Waals surface area contributed by atoms with Gasteiger partial charge in [-0.2, -0.15) is 0 Å². The Morgan fingerprint density at radius 3 is 2.12 bits per heavy atom. The van der Waals surface area contributed by atoms with Crippen LogP contribution in [-0.4, -0.2) is 22.5 Å². The lowest BCUT2D eigenvalue weighted by Crippen LogP contribution is -2.38. The Bertz CT molecular complexity index is 355. The van der Waals surface area contributed by atoms with E-state index < -0.39 is 4.92 Å². The molecule has 96 valence electrons. The first-order valence-corrected chi connectivity index (χ1v) is 5.66. The smallest absolute Gasteiger partial charge is 0.363 e. The lowest BCUT2D eigenvalue weighted by Gasteiger charge is -2.33. The lowest BCUT2D eigenvalue weighted by molar-refractivity contribution is -0.389. The standard InChI is InChI=1S/C10H15N3O2.C2H6/c1-10(2,3)12(4)8-5-6-9(11-7-8)13(14)15;1-2/h5-7H,1-4H3;1-2H3. The molecule has 1 rings (SSSR count). The van der Waals surface area contributed by atoms with Crippen LogP contribution in [0.5, 0.6) is 0 Å². The predicted molar refractivity (Wildman–Crippen MR) is 70.4 cm³/mol. The highest BCUT2D eigenvalue weighted by Crippen LogP contribution is 2.22. The summed E-state index contributed by atoms with van der Waals surface area (Å²) in [5.74, 6) is -0.124. The SMILES string of the molecule is CC.CN(c1ccc([N+](=O)[O-])nc1)C(C)(C)C. The molecule has 0 saturated heterocycles. The minimum Gasteiger partial charge on any atom is -0.367 e. The van der Waals surface area contributed by atoms with Gasteiger partial charge in [-0.1, -0.05) is 13.8 Å². The zero-order chi connectivity index (χ0) is 13.6. The van der Waals surface area contributed by atoms with E-state index in [0.717, 1.165) is 5.69 Å². The Morgan fingerprint density at radius 2 is 1.82 bits per heavy atom. The summed E-state index contributed by atoms with van der Waals surface area (Å²) in [5.41, 5.74) is 0.839. The fourth-order valence-corrected chi connectivity index (χ4v) is 1.07. The third kappa shape index (κ3) is 4.38. The minimum absolute atomic E-state index is 0.0299. The quantitative estimate of drug-likeness (QED) is 0.587. The van der Waals surface area contributed by atoms with Crippen molar-refractivity contribution in [1.29, 1.82) is 0 Å². The third-order valence-corrected chi connectivity index (χ3v) is 2.31.